The molecule has 90 valence electrons. The molecule has 1 aromatic heterocycles. The molecule has 0 fully saturated rings. The van der Waals surface area contributed by atoms with Gasteiger partial charge in [0.1, 0.15) is 0 Å². The molecule has 0 aliphatic rings. The van der Waals surface area contributed by atoms with E-state index in [1.807, 2.05) is 6.92 Å². The molecule has 0 aliphatic carbocycles. The van der Waals surface area contributed by atoms with Gasteiger partial charge in [-0.25, -0.2) is 9.97 Å². The predicted octanol–water partition coefficient (Wildman–Crippen LogP) is 0.212. The molecule has 0 radical (unpaired) electrons. The van der Waals surface area contributed by atoms with Gasteiger partial charge in [0.25, 0.3) is 0 Å². The van der Waals surface area contributed by atoms with Gasteiger partial charge in [-0.3, -0.25) is 0 Å². The summed E-state index contributed by atoms with van der Waals surface area (Å²) in [4.78, 5) is 8.31. The van der Waals surface area contributed by atoms with Crippen LogP contribution >= 0.6 is 11.8 Å². The zero-order valence-electron chi connectivity index (χ0n) is 9.46. The van der Waals surface area contributed by atoms with Gasteiger partial charge in [0, 0.05) is 25.5 Å². The fourth-order valence-electron chi connectivity index (χ4n) is 1.14. The van der Waals surface area contributed by atoms with Gasteiger partial charge in [-0.1, -0.05) is 11.8 Å². The van der Waals surface area contributed by atoms with Gasteiger partial charge in [0.15, 0.2) is 5.16 Å². The Bertz CT molecular complexity index is 307. The Labute approximate surface area is 99.4 Å². The molecule has 16 heavy (non-hydrogen) atoms. The second-order valence-corrected chi connectivity index (χ2v) is 4.71. The maximum atomic E-state index is 9.23. The van der Waals surface area contributed by atoms with Crippen LogP contribution in [0.25, 0.3) is 0 Å². The Morgan fingerprint density at radius 3 is 2.62 bits per heavy atom. The highest BCUT2D eigenvalue weighted by atomic mass is 32.2. The van der Waals surface area contributed by atoms with Crippen LogP contribution in [0.5, 0.6) is 0 Å². The number of ether oxygens (including phenoxy) is 1. The molecule has 0 aliphatic heterocycles. The maximum absolute atomic E-state index is 9.23. The summed E-state index contributed by atoms with van der Waals surface area (Å²) in [6.07, 6.45) is 3.48. The van der Waals surface area contributed by atoms with Gasteiger partial charge >= 0.3 is 0 Å². The largest absolute Gasteiger partial charge is 0.395 e. The topological polar surface area (TPSA) is 81.3 Å². The van der Waals surface area contributed by atoms with E-state index in [4.69, 9.17) is 10.5 Å². The van der Waals surface area contributed by atoms with Crippen molar-refractivity contribution in [3.8, 4) is 0 Å². The van der Waals surface area contributed by atoms with Crippen molar-refractivity contribution >= 4 is 11.8 Å². The molecule has 2 unspecified atom stereocenters. The summed E-state index contributed by atoms with van der Waals surface area (Å²) in [6.45, 7) is 2.31. The van der Waals surface area contributed by atoms with Crippen LogP contribution in [0.3, 0.4) is 0 Å². The lowest BCUT2D eigenvalue weighted by Gasteiger charge is -2.19. The minimum Gasteiger partial charge on any atom is -0.395 e. The number of nitrogens with two attached hydrogens (primary N) is 1. The molecule has 0 aromatic carbocycles. The van der Waals surface area contributed by atoms with E-state index in [0.717, 1.165) is 5.56 Å². The standard InChI is InChI=1S/C10H17N3O2S/c1-7-3-12-10(13-4-7)16-9(5-14)8(11)6-15-2/h3-4,8-9,14H,5-6,11H2,1-2H3. The summed E-state index contributed by atoms with van der Waals surface area (Å²) in [5.74, 6) is 0. The lowest BCUT2D eigenvalue weighted by atomic mass is 10.2. The number of nitrogens with zero attached hydrogens (tertiary/aromatic N) is 2. The number of aliphatic hydroxyl groups is 1. The predicted molar refractivity (Wildman–Crippen MR) is 63.4 cm³/mol. The van der Waals surface area contributed by atoms with E-state index in [-0.39, 0.29) is 17.9 Å². The molecule has 0 saturated carbocycles. The van der Waals surface area contributed by atoms with E-state index in [2.05, 4.69) is 9.97 Å². The second-order valence-electron chi connectivity index (χ2n) is 3.50. The first-order valence-corrected chi connectivity index (χ1v) is 5.86. The second kappa shape index (κ2) is 6.80. The molecule has 1 aromatic rings. The molecule has 0 amide bonds. The lowest BCUT2D eigenvalue weighted by Crippen LogP contribution is -2.38. The van der Waals surface area contributed by atoms with Crippen LogP contribution in [0, 0.1) is 6.92 Å². The van der Waals surface area contributed by atoms with Crippen molar-refractivity contribution in [2.45, 2.75) is 23.4 Å². The molecule has 0 bridgehead atoms. The van der Waals surface area contributed by atoms with Crippen molar-refractivity contribution in [2.75, 3.05) is 20.3 Å². The van der Waals surface area contributed by atoms with Crippen LogP contribution in [-0.4, -0.2) is 46.7 Å². The van der Waals surface area contributed by atoms with Gasteiger partial charge in [-0.15, -0.1) is 0 Å². The molecule has 2 atom stereocenters. The Hall–Kier alpha value is -0.690. The van der Waals surface area contributed by atoms with Crippen molar-refractivity contribution < 1.29 is 9.84 Å². The third-order valence-corrected chi connectivity index (χ3v) is 3.25. The summed E-state index contributed by atoms with van der Waals surface area (Å²) >= 11 is 1.37. The number of aliphatic hydroxyl groups excluding tert-OH is 1. The number of thioether (sulfide) groups is 1. The zero-order chi connectivity index (χ0) is 12.0. The summed E-state index contributed by atoms with van der Waals surface area (Å²) in [5.41, 5.74) is 6.86. The highest BCUT2D eigenvalue weighted by molar-refractivity contribution is 7.99. The average Bonchev–Trinajstić information content (AvgIpc) is 2.28. The molecule has 3 N–H and O–H groups in total. The first-order chi connectivity index (χ1) is 7.67. The van der Waals surface area contributed by atoms with Crippen LogP contribution in [0.4, 0.5) is 0 Å². The first kappa shape index (κ1) is 13.4. The fraction of sp³-hybridized carbons (Fsp3) is 0.600. The van der Waals surface area contributed by atoms with Crippen molar-refractivity contribution in [3.63, 3.8) is 0 Å². The van der Waals surface area contributed by atoms with Gasteiger partial charge in [-0.05, 0) is 12.5 Å². The number of aromatic nitrogens is 2. The molecule has 0 saturated heterocycles. The molecular weight excluding hydrogens is 226 g/mol. The van der Waals surface area contributed by atoms with Gasteiger partial charge in [0.05, 0.1) is 18.5 Å². The van der Waals surface area contributed by atoms with Crippen LogP contribution in [0.1, 0.15) is 5.56 Å². The highest BCUT2D eigenvalue weighted by Gasteiger charge is 2.19. The van der Waals surface area contributed by atoms with Gasteiger partial charge in [0.2, 0.25) is 0 Å². The molecule has 1 heterocycles. The molecule has 6 heteroatoms. The first-order valence-electron chi connectivity index (χ1n) is 4.98. The Balaban J connectivity index is 2.59. The van der Waals surface area contributed by atoms with E-state index in [1.54, 1.807) is 19.5 Å². The fourth-order valence-corrected chi connectivity index (χ4v) is 1.96. The number of aryl methyl sites for hydroxylation is 1. The minimum absolute atomic E-state index is 0.0214. The van der Waals surface area contributed by atoms with Crippen molar-refractivity contribution in [2.24, 2.45) is 5.73 Å². The molecular formula is C10H17N3O2S. The molecule has 1 rings (SSSR count). The third-order valence-electron chi connectivity index (χ3n) is 2.03. The van der Waals surface area contributed by atoms with E-state index in [1.165, 1.54) is 11.8 Å². The Morgan fingerprint density at radius 2 is 2.12 bits per heavy atom. The zero-order valence-corrected chi connectivity index (χ0v) is 10.3. The maximum Gasteiger partial charge on any atom is 0.187 e. The van der Waals surface area contributed by atoms with Crippen molar-refractivity contribution in [1.29, 1.82) is 0 Å². The average molecular weight is 243 g/mol. The van der Waals surface area contributed by atoms with E-state index in [0.29, 0.717) is 11.8 Å². The quantitative estimate of drug-likeness (QED) is 0.549. The highest BCUT2D eigenvalue weighted by Crippen LogP contribution is 2.20. The van der Waals surface area contributed by atoms with Crippen LogP contribution in [-0.2, 0) is 4.74 Å². The number of rotatable bonds is 6. The molecule has 5 nitrogen and oxygen atoms in total. The monoisotopic (exact) mass is 243 g/mol. The number of hydrogen-bond acceptors (Lipinski definition) is 6. The van der Waals surface area contributed by atoms with Crippen LogP contribution < -0.4 is 5.73 Å². The van der Waals surface area contributed by atoms with Gasteiger partial charge in [-0.2, -0.15) is 0 Å². The molecule has 0 spiro atoms. The SMILES string of the molecule is COCC(N)C(CO)Sc1ncc(C)cn1. The smallest absolute Gasteiger partial charge is 0.187 e. The van der Waals surface area contributed by atoms with Gasteiger partial charge < -0.3 is 15.6 Å². The summed E-state index contributed by atoms with van der Waals surface area (Å²) in [5, 5.41) is 9.70. The van der Waals surface area contributed by atoms with Crippen molar-refractivity contribution in [3.05, 3.63) is 18.0 Å². The number of hydrogen-bond donors (Lipinski definition) is 2. The summed E-state index contributed by atoms with van der Waals surface area (Å²) < 4.78 is 4.95. The number of methoxy groups -OCH3 is 1. The third kappa shape index (κ3) is 4.05. The summed E-state index contributed by atoms with van der Waals surface area (Å²) in [6, 6.07) is -0.232. The van der Waals surface area contributed by atoms with Crippen LogP contribution in [0.2, 0.25) is 0 Å². The summed E-state index contributed by atoms with van der Waals surface area (Å²) in [7, 11) is 1.58. The Morgan fingerprint density at radius 1 is 1.50 bits per heavy atom. The van der Waals surface area contributed by atoms with E-state index in [9.17, 15) is 5.11 Å². The minimum atomic E-state index is -0.232. The lowest BCUT2D eigenvalue weighted by molar-refractivity contribution is 0.167. The Kier molecular flexibility index (Phi) is 5.68. The van der Waals surface area contributed by atoms with E-state index < -0.39 is 0 Å². The van der Waals surface area contributed by atoms with E-state index >= 15 is 0 Å². The van der Waals surface area contributed by atoms with Crippen LogP contribution in [0.15, 0.2) is 17.6 Å². The van der Waals surface area contributed by atoms with Crippen molar-refractivity contribution in [1.82, 2.24) is 9.97 Å². The normalized spacial score (nSPS) is 14.8.